The smallest absolute Gasteiger partial charge is 0.346 e. The van der Waals surface area contributed by atoms with Gasteiger partial charge in [0.1, 0.15) is 0 Å². The molecule has 0 fully saturated rings. The number of unbranched alkanes of at least 4 members (excludes halogenated alkanes) is 14. The van der Waals surface area contributed by atoms with E-state index in [1.807, 2.05) is 0 Å². The standard InChI is InChI=1S/C22H42O4/c1-4-5-6-7-8-9-10-11-12-13-14-15-16-17-18-19-21(23)26-20(2)22(24)25-3/h20H,4-19H2,1-3H3. The molecule has 0 spiro atoms. The van der Waals surface area contributed by atoms with Gasteiger partial charge in [-0.2, -0.15) is 0 Å². The highest BCUT2D eigenvalue weighted by Gasteiger charge is 2.17. The van der Waals surface area contributed by atoms with E-state index < -0.39 is 12.1 Å². The van der Waals surface area contributed by atoms with Crippen LogP contribution in [0.15, 0.2) is 0 Å². The Balaban J connectivity index is 3.24. The zero-order valence-corrected chi connectivity index (χ0v) is 17.5. The van der Waals surface area contributed by atoms with Gasteiger partial charge in [0.25, 0.3) is 0 Å². The van der Waals surface area contributed by atoms with Gasteiger partial charge >= 0.3 is 11.9 Å². The van der Waals surface area contributed by atoms with Gasteiger partial charge in [0.15, 0.2) is 6.10 Å². The summed E-state index contributed by atoms with van der Waals surface area (Å²) >= 11 is 0. The molecule has 0 N–H and O–H groups in total. The summed E-state index contributed by atoms with van der Waals surface area (Å²) < 4.78 is 9.54. The first-order valence-electron chi connectivity index (χ1n) is 10.9. The third-order valence-electron chi connectivity index (χ3n) is 4.83. The third kappa shape index (κ3) is 16.4. The average Bonchev–Trinajstić information content (AvgIpc) is 2.64. The highest BCUT2D eigenvalue weighted by Crippen LogP contribution is 2.14. The molecule has 1 atom stereocenters. The van der Waals surface area contributed by atoms with Gasteiger partial charge < -0.3 is 9.47 Å². The van der Waals surface area contributed by atoms with Crippen LogP contribution in [0.3, 0.4) is 0 Å². The van der Waals surface area contributed by atoms with Crippen LogP contribution in [0.4, 0.5) is 0 Å². The van der Waals surface area contributed by atoms with Crippen LogP contribution in [0.5, 0.6) is 0 Å². The molecule has 0 aliphatic rings. The van der Waals surface area contributed by atoms with Gasteiger partial charge in [0.05, 0.1) is 7.11 Å². The molecule has 154 valence electrons. The summed E-state index contributed by atoms with van der Waals surface area (Å²) in [6.45, 7) is 3.80. The van der Waals surface area contributed by atoms with E-state index in [1.54, 1.807) is 0 Å². The lowest BCUT2D eigenvalue weighted by molar-refractivity contribution is -0.164. The highest BCUT2D eigenvalue weighted by atomic mass is 16.6. The van der Waals surface area contributed by atoms with Gasteiger partial charge in [0, 0.05) is 6.42 Å². The van der Waals surface area contributed by atoms with Gasteiger partial charge in [-0.15, -0.1) is 0 Å². The Kier molecular flexibility index (Phi) is 18.0. The molecule has 4 nitrogen and oxygen atoms in total. The number of methoxy groups -OCH3 is 1. The molecule has 4 heteroatoms. The second-order valence-electron chi connectivity index (χ2n) is 7.35. The molecule has 0 heterocycles. The van der Waals surface area contributed by atoms with E-state index in [4.69, 9.17) is 4.74 Å². The predicted molar refractivity (Wildman–Crippen MR) is 107 cm³/mol. The molecule has 0 saturated heterocycles. The monoisotopic (exact) mass is 370 g/mol. The fourth-order valence-electron chi connectivity index (χ4n) is 3.11. The summed E-state index contributed by atoms with van der Waals surface area (Å²) in [7, 11) is 1.29. The molecule has 0 bridgehead atoms. The van der Waals surface area contributed by atoms with Crippen LogP contribution in [0.25, 0.3) is 0 Å². The molecule has 0 aliphatic heterocycles. The Labute approximate surface area is 161 Å². The van der Waals surface area contributed by atoms with Gasteiger partial charge in [-0.05, 0) is 13.3 Å². The number of carbonyl (C=O) groups excluding carboxylic acids is 2. The van der Waals surface area contributed by atoms with Crippen molar-refractivity contribution in [2.75, 3.05) is 7.11 Å². The Morgan fingerprint density at radius 3 is 1.46 bits per heavy atom. The van der Waals surface area contributed by atoms with Gasteiger partial charge in [0.2, 0.25) is 0 Å². The number of ether oxygens (including phenoxy) is 2. The lowest BCUT2D eigenvalue weighted by atomic mass is 10.0. The van der Waals surface area contributed by atoms with Crippen molar-refractivity contribution >= 4 is 11.9 Å². The van der Waals surface area contributed by atoms with Crippen molar-refractivity contribution < 1.29 is 19.1 Å². The first-order valence-corrected chi connectivity index (χ1v) is 10.9. The van der Waals surface area contributed by atoms with Crippen LogP contribution in [0, 0.1) is 0 Å². The van der Waals surface area contributed by atoms with Gasteiger partial charge in [-0.3, -0.25) is 4.79 Å². The zero-order valence-electron chi connectivity index (χ0n) is 17.5. The van der Waals surface area contributed by atoms with Crippen molar-refractivity contribution in [2.45, 2.75) is 123 Å². The van der Waals surface area contributed by atoms with E-state index in [0.717, 1.165) is 12.8 Å². The minimum absolute atomic E-state index is 0.308. The van der Waals surface area contributed by atoms with E-state index in [0.29, 0.717) is 6.42 Å². The molecule has 0 amide bonds. The van der Waals surface area contributed by atoms with E-state index >= 15 is 0 Å². The number of hydrogen-bond donors (Lipinski definition) is 0. The maximum absolute atomic E-state index is 11.6. The van der Waals surface area contributed by atoms with Crippen LogP contribution >= 0.6 is 0 Å². The summed E-state index contributed by atoms with van der Waals surface area (Å²) in [5, 5.41) is 0. The number of carbonyl (C=O) groups is 2. The van der Waals surface area contributed by atoms with E-state index in [9.17, 15) is 9.59 Å². The first-order chi connectivity index (χ1) is 12.6. The summed E-state index contributed by atoms with van der Waals surface area (Å²) in [6.07, 6.45) is 19.1. The minimum atomic E-state index is -0.802. The lowest BCUT2D eigenvalue weighted by Gasteiger charge is -2.10. The van der Waals surface area contributed by atoms with Crippen LogP contribution in [0.1, 0.15) is 117 Å². The molecule has 0 aliphatic carbocycles. The van der Waals surface area contributed by atoms with E-state index in [1.165, 1.54) is 97.5 Å². The van der Waals surface area contributed by atoms with Crippen LogP contribution in [0.2, 0.25) is 0 Å². The van der Waals surface area contributed by atoms with Crippen molar-refractivity contribution in [1.82, 2.24) is 0 Å². The maximum Gasteiger partial charge on any atom is 0.346 e. The highest BCUT2D eigenvalue weighted by molar-refractivity contribution is 5.78. The van der Waals surface area contributed by atoms with Gasteiger partial charge in [-0.25, -0.2) is 4.79 Å². The zero-order chi connectivity index (χ0) is 19.5. The molecule has 0 aromatic rings. The minimum Gasteiger partial charge on any atom is -0.466 e. The first kappa shape index (κ1) is 24.9. The topological polar surface area (TPSA) is 52.6 Å². The predicted octanol–water partition coefficient (Wildman–Crippen LogP) is 6.35. The Hall–Kier alpha value is -1.06. The number of rotatable bonds is 18. The van der Waals surface area contributed by atoms with Crippen molar-refractivity contribution in [3.8, 4) is 0 Å². The normalized spacial score (nSPS) is 12.0. The van der Waals surface area contributed by atoms with Crippen molar-refractivity contribution in [3.05, 3.63) is 0 Å². The molecule has 0 radical (unpaired) electrons. The van der Waals surface area contributed by atoms with E-state index in [-0.39, 0.29) is 5.97 Å². The van der Waals surface area contributed by atoms with Crippen molar-refractivity contribution in [2.24, 2.45) is 0 Å². The lowest BCUT2D eigenvalue weighted by Crippen LogP contribution is -2.25. The van der Waals surface area contributed by atoms with Crippen LogP contribution < -0.4 is 0 Å². The number of esters is 2. The third-order valence-corrected chi connectivity index (χ3v) is 4.83. The Morgan fingerprint density at radius 1 is 0.692 bits per heavy atom. The van der Waals surface area contributed by atoms with E-state index in [2.05, 4.69) is 11.7 Å². The summed E-state index contributed by atoms with van der Waals surface area (Å²) in [4.78, 5) is 22.7. The summed E-state index contributed by atoms with van der Waals surface area (Å²) in [5.41, 5.74) is 0. The molecule has 0 aromatic heterocycles. The van der Waals surface area contributed by atoms with Crippen molar-refractivity contribution in [1.29, 1.82) is 0 Å². The van der Waals surface area contributed by atoms with Crippen molar-refractivity contribution in [3.63, 3.8) is 0 Å². The molecule has 0 rings (SSSR count). The Morgan fingerprint density at radius 2 is 1.08 bits per heavy atom. The second-order valence-corrected chi connectivity index (χ2v) is 7.35. The second kappa shape index (κ2) is 18.7. The van der Waals surface area contributed by atoms with Crippen LogP contribution in [-0.4, -0.2) is 25.2 Å². The molecule has 1 unspecified atom stereocenters. The quantitative estimate of drug-likeness (QED) is 0.208. The number of hydrogen-bond acceptors (Lipinski definition) is 4. The Bertz CT molecular complexity index is 341. The fraction of sp³-hybridized carbons (Fsp3) is 0.909. The van der Waals surface area contributed by atoms with Crippen LogP contribution in [-0.2, 0) is 19.1 Å². The maximum atomic E-state index is 11.6. The fourth-order valence-corrected chi connectivity index (χ4v) is 3.11. The SMILES string of the molecule is CCCCCCCCCCCCCCCCCC(=O)OC(C)C(=O)OC. The molecular weight excluding hydrogens is 328 g/mol. The molecular formula is C22H42O4. The molecule has 0 aromatic carbocycles. The summed E-state index contributed by atoms with van der Waals surface area (Å²) in [6, 6.07) is 0. The molecule has 0 saturated carbocycles. The average molecular weight is 371 g/mol. The summed E-state index contributed by atoms with van der Waals surface area (Å²) in [5.74, 6) is -0.813. The van der Waals surface area contributed by atoms with Gasteiger partial charge in [-0.1, -0.05) is 96.8 Å². The largest absolute Gasteiger partial charge is 0.466 e. The molecule has 26 heavy (non-hydrogen) atoms.